The molecule has 158 valence electrons. The van der Waals surface area contributed by atoms with E-state index in [0.717, 1.165) is 44.1 Å². The van der Waals surface area contributed by atoms with Gasteiger partial charge in [0.15, 0.2) is 0 Å². The van der Waals surface area contributed by atoms with Gasteiger partial charge in [-0.3, -0.25) is 4.98 Å². The number of rotatable bonds is 1. The predicted octanol–water partition coefficient (Wildman–Crippen LogP) is 4.98. The number of aliphatic hydroxyl groups is 2. The van der Waals surface area contributed by atoms with Crippen LogP contribution in [0.15, 0.2) is 24.5 Å². The highest BCUT2D eigenvalue weighted by atomic mass is 19.1. The lowest BCUT2D eigenvalue weighted by molar-refractivity contribution is -0.241. The molecule has 3 saturated carbocycles. The zero-order valence-electron chi connectivity index (χ0n) is 17.9. The summed E-state index contributed by atoms with van der Waals surface area (Å²) in [7, 11) is 0. The van der Waals surface area contributed by atoms with Crippen LogP contribution in [0.5, 0.6) is 0 Å². The van der Waals surface area contributed by atoms with Crippen molar-refractivity contribution in [3.63, 3.8) is 0 Å². The van der Waals surface area contributed by atoms with Crippen LogP contribution < -0.4 is 0 Å². The summed E-state index contributed by atoms with van der Waals surface area (Å²) in [6, 6.07) is 1.63. The third-order valence-corrected chi connectivity index (χ3v) is 9.83. The van der Waals surface area contributed by atoms with E-state index in [4.69, 9.17) is 0 Å². The first-order valence-corrected chi connectivity index (χ1v) is 11.4. The van der Waals surface area contributed by atoms with Gasteiger partial charge in [-0.15, -0.1) is 0 Å². The molecule has 4 aliphatic rings. The van der Waals surface area contributed by atoms with Crippen molar-refractivity contribution in [1.82, 2.24) is 4.98 Å². The molecule has 1 heterocycles. The summed E-state index contributed by atoms with van der Waals surface area (Å²) >= 11 is 0. The van der Waals surface area contributed by atoms with E-state index >= 15 is 0 Å². The molecule has 3 nitrogen and oxygen atoms in total. The Balaban J connectivity index is 1.49. The molecule has 0 aromatic carbocycles. The minimum atomic E-state index is -0.763. The van der Waals surface area contributed by atoms with E-state index in [0.29, 0.717) is 24.2 Å². The highest BCUT2D eigenvalue weighted by Gasteiger charge is 2.65. The van der Waals surface area contributed by atoms with Gasteiger partial charge in [-0.25, -0.2) is 4.39 Å². The van der Waals surface area contributed by atoms with Crippen molar-refractivity contribution in [1.29, 1.82) is 0 Å². The number of nitrogens with zero attached hydrogens (tertiary/aromatic N) is 1. The Bertz CT molecular complexity index is 855. The van der Waals surface area contributed by atoms with Crippen LogP contribution in [0.1, 0.15) is 71.3 Å². The second kappa shape index (κ2) is 6.37. The topological polar surface area (TPSA) is 53.4 Å². The third kappa shape index (κ3) is 2.57. The average molecular weight is 400 g/mol. The number of hydrogen-bond acceptors (Lipinski definition) is 3. The molecule has 3 fully saturated rings. The number of halogens is 1. The minimum Gasteiger partial charge on any atom is -0.393 e. The first-order valence-electron chi connectivity index (χ1n) is 11.4. The van der Waals surface area contributed by atoms with Crippen molar-refractivity contribution in [2.75, 3.05) is 0 Å². The van der Waals surface area contributed by atoms with Gasteiger partial charge in [-0.05, 0) is 90.2 Å². The molecule has 5 unspecified atom stereocenters. The van der Waals surface area contributed by atoms with Crippen LogP contribution in [0, 0.1) is 40.3 Å². The van der Waals surface area contributed by atoms with Crippen LogP contribution in [-0.4, -0.2) is 26.9 Å². The zero-order chi connectivity index (χ0) is 20.6. The zero-order valence-corrected chi connectivity index (χ0v) is 17.9. The summed E-state index contributed by atoms with van der Waals surface area (Å²) in [5, 5.41) is 22.1. The molecule has 2 N–H and O–H groups in total. The average Bonchev–Trinajstić information content (AvgIpc) is 3.02. The van der Waals surface area contributed by atoms with Crippen molar-refractivity contribution in [2.45, 2.75) is 77.4 Å². The lowest BCUT2D eigenvalue weighted by Crippen LogP contribution is -2.66. The Morgan fingerprint density at radius 1 is 1.14 bits per heavy atom. The molecule has 4 heteroatoms. The third-order valence-electron chi connectivity index (χ3n) is 9.83. The molecule has 29 heavy (non-hydrogen) atoms. The van der Waals surface area contributed by atoms with E-state index in [1.54, 1.807) is 12.3 Å². The smallest absolute Gasteiger partial charge is 0.142 e. The molecular formula is C25H34FNO2. The monoisotopic (exact) mass is 399 g/mol. The van der Waals surface area contributed by atoms with Crippen LogP contribution >= 0.6 is 0 Å². The maximum Gasteiger partial charge on any atom is 0.142 e. The van der Waals surface area contributed by atoms with Gasteiger partial charge in [0.2, 0.25) is 0 Å². The van der Waals surface area contributed by atoms with Crippen molar-refractivity contribution in [2.24, 2.45) is 34.5 Å². The van der Waals surface area contributed by atoms with Crippen LogP contribution in [0.3, 0.4) is 0 Å². The first kappa shape index (κ1) is 19.7. The van der Waals surface area contributed by atoms with Crippen molar-refractivity contribution in [3.8, 4) is 0 Å². The van der Waals surface area contributed by atoms with E-state index < -0.39 is 5.60 Å². The fourth-order valence-electron chi connectivity index (χ4n) is 8.23. The lowest BCUT2D eigenvalue weighted by atomic mass is 9.41. The Kier molecular flexibility index (Phi) is 4.32. The van der Waals surface area contributed by atoms with Gasteiger partial charge in [0.05, 0.1) is 17.9 Å². The minimum absolute atomic E-state index is 0.0519. The van der Waals surface area contributed by atoms with E-state index in [-0.39, 0.29) is 28.7 Å². The highest BCUT2D eigenvalue weighted by molar-refractivity contribution is 5.72. The van der Waals surface area contributed by atoms with Gasteiger partial charge < -0.3 is 10.2 Å². The van der Waals surface area contributed by atoms with Gasteiger partial charge in [0.1, 0.15) is 5.82 Å². The number of allylic oxidation sites excluding steroid dienone is 2. The van der Waals surface area contributed by atoms with E-state index in [1.807, 2.05) is 0 Å². The predicted molar refractivity (Wildman–Crippen MR) is 111 cm³/mol. The highest BCUT2D eigenvalue weighted by Crippen LogP contribution is 2.69. The number of aliphatic hydroxyl groups excluding tert-OH is 1. The molecule has 4 aliphatic carbocycles. The second-order valence-corrected chi connectivity index (χ2v) is 11.0. The van der Waals surface area contributed by atoms with Gasteiger partial charge in [-0.2, -0.15) is 0 Å². The molecule has 0 amide bonds. The molecule has 0 radical (unpaired) electrons. The fourth-order valence-corrected chi connectivity index (χ4v) is 8.23. The molecule has 1 aromatic rings. The molecule has 8 atom stereocenters. The summed E-state index contributed by atoms with van der Waals surface area (Å²) in [5.74, 6) is 1.52. The molecule has 1 aromatic heterocycles. The maximum absolute atomic E-state index is 13.9. The Morgan fingerprint density at radius 3 is 2.69 bits per heavy atom. The van der Waals surface area contributed by atoms with Gasteiger partial charge in [0, 0.05) is 12.6 Å². The van der Waals surface area contributed by atoms with Crippen molar-refractivity contribution in [3.05, 3.63) is 35.9 Å². The summed E-state index contributed by atoms with van der Waals surface area (Å²) in [4.78, 5) is 4.10. The van der Waals surface area contributed by atoms with E-state index in [2.05, 4.69) is 31.8 Å². The molecule has 0 saturated heterocycles. The second-order valence-electron chi connectivity index (χ2n) is 11.0. The summed E-state index contributed by atoms with van der Waals surface area (Å²) in [6.07, 6.45) is 11.5. The Morgan fingerprint density at radius 2 is 1.93 bits per heavy atom. The molecule has 0 bridgehead atoms. The Labute approximate surface area is 173 Å². The van der Waals surface area contributed by atoms with E-state index in [9.17, 15) is 14.6 Å². The molecule has 5 rings (SSSR count). The van der Waals surface area contributed by atoms with Crippen molar-refractivity contribution < 1.29 is 14.6 Å². The Hall–Kier alpha value is -1.26. The van der Waals surface area contributed by atoms with Crippen LogP contribution in [-0.2, 0) is 0 Å². The SMILES string of the molecule is CC1CC2C3CC=C(c4cncc(F)c4)[C@@]3(C)CCC2[C@@]2(C)CC[C@H](O)CC12O. The molecule has 0 spiro atoms. The molecular weight excluding hydrogens is 365 g/mol. The summed E-state index contributed by atoms with van der Waals surface area (Å²) < 4.78 is 13.9. The maximum atomic E-state index is 13.9. The number of pyridine rings is 1. The van der Waals surface area contributed by atoms with Crippen LogP contribution in [0.4, 0.5) is 4.39 Å². The number of fused-ring (bicyclic) bond motifs is 5. The standard InChI is InChI=1S/C25H34FNO2/c1-15-10-19-21-5-4-20(16-11-17(26)14-27-13-16)23(21,2)8-7-22(19)24(3)9-6-18(28)12-25(15,24)29/h4,11,13-15,18-19,21-22,28-29H,5-10,12H2,1-3H3/t15?,18-,19?,21?,22?,23+,24+,25?/m0/s1. The number of aromatic nitrogens is 1. The number of hydrogen-bond donors (Lipinski definition) is 2. The van der Waals surface area contributed by atoms with E-state index in [1.165, 1.54) is 11.8 Å². The molecule has 0 aliphatic heterocycles. The van der Waals surface area contributed by atoms with Gasteiger partial charge in [0.25, 0.3) is 0 Å². The normalized spacial score (nSPS) is 49.0. The largest absolute Gasteiger partial charge is 0.393 e. The van der Waals surface area contributed by atoms with Crippen LogP contribution in [0.25, 0.3) is 5.57 Å². The van der Waals surface area contributed by atoms with Gasteiger partial charge in [-0.1, -0.05) is 26.8 Å². The summed E-state index contributed by atoms with van der Waals surface area (Å²) in [6.45, 7) is 6.86. The van der Waals surface area contributed by atoms with Crippen molar-refractivity contribution >= 4 is 5.57 Å². The quantitative estimate of drug-likeness (QED) is 0.700. The summed E-state index contributed by atoms with van der Waals surface area (Å²) in [5.41, 5.74) is 1.36. The first-order chi connectivity index (χ1) is 13.7. The fraction of sp³-hybridized carbons (Fsp3) is 0.720. The van der Waals surface area contributed by atoms with Gasteiger partial charge >= 0.3 is 0 Å². The lowest BCUT2D eigenvalue weighted by Gasteiger charge is -2.66. The van der Waals surface area contributed by atoms with Crippen LogP contribution in [0.2, 0.25) is 0 Å².